The molecule has 2 aromatic heterocycles. The van der Waals surface area contributed by atoms with Crippen LogP contribution in [0.3, 0.4) is 0 Å². The van der Waals surface area contributed by atoms with E-state index >= 15 is 0 Å². The van der Waals surface area contributed by atoms with Gasteiger partial charge in [0.1, 0.15) is 23.7 Å². The van der Waals surface area contributed by atoms with Gasteiger partial charge in [-0.15, -0.1) is 0 Å². The van der Waals surface area contributed by atoms with Gasteiger partial charge in [0.25, 0.3) is 5.56 Å². The van der Waals surface area contributed by atoms with Gasteiger partial charge in [0.2, 0.25) is 5.91 Å². The summed E-state index contributed by atoms with van der Waals surface area (Å²) in [5.41, 5.74) is 6.62. The number of aromatic nitrogens is 2. The molecule has 0 aliphatic rings. The number of nitrogen functional groups attached to an aromatic ring is 1. The third-order valence-electron chi connectivity index (χ3n) is 4.47. The number of carbonyl (C=O) groups is 1. The summed E-state index contributed by atoms with van der Waals surface area (Å²) in [7, 11) is 3.14. The number of nitrogens with two attached hydrogens (primary N) is 1. The van der Waals surface area contributed by atoms with Crippen LogP contribution in [0.1, 0.15) is 11.3 Å². The number of anilines is 1. The van der Waals surface area contributed by atoms with Gasteiger partial charge in [0.05, 0.1) is 14.2 Å². The van der Waals surface area contributed by atoms with Crippen LogP contribution in [-0.2, 0) is 17.8 Å². The SMILES string of the molecule is COc1ccc(CCNC(=O)Cn2nc(-c3ccc(C)o3)cc(N)c2=O)cc1OC. The standard InChI is InChI=1S/C21H24N4O5/c1-13-4-6-17(30-13)16-11-15(22)21(27)25(24-16)12-20(26)23-9-8-14-5-7-18(28-2)19(10-14)29-3/h4-7,10-11H,8-9,12,22H2,1-3H3,(H,23,26). The summed E-state index contributed by atoms with van der Waals surface area (Å²) in [5, 5.41) is 6.98. The number of rotatable bonds is 8. The molecule has 9 heteroatoms. The van der Waals surface area contributed by atoms with E-state index in [0.29, 0.717) is 41.7 Å². The fourth-order valence-corrected chi connectivity index (χ4v) is 2.94. The Morgan fingerprint density at radius 1 is 1.17 bits per heavy atom. The van der Waals surface area contributed by atoms with Crippen molar-refractivity contribution in [3.05, 3.63) is 58.1 Å². The smallest absolute Gasteiger partial charge is 0.290 e. The molecule has 0 spiro atoms. The van der Waals surface area contributed by atoms with Crippen LogP contribution in [0.5, 0.6) is 11.5 Å². The lowest BCUT2D eigenvalue weighted by atomic mass is 10.1. The number of ether oxygens (including phenoxy) is 2. The largest absolute Gasteiger partial charge is 0.493 e. The summed E-state index contributed by atoms with van der Waals surface area (Å²) < 4.78 is 17.0. The minimum Gasteiger partial charge on any atom is -0.493 e. The molecule has 3 aromatic rings. The number of methoxy groups -OCH3 is 2. The lowest BCUT2D eigenvalue weighted by Crippen LogP contribution is -2.35. The van der Waals surface area contributed by atoms with Crippen LogP contribution in [0.4, 0.5) is 5.69 Å². The van der Waals surface area contributed by atoms with Crippen LogP contribution in [0, 0.1) is 6.92 Å². The second-order valence-electron chi connectivity index (χ2n) is 6.65. The lowest BCUT2D eigenvalue weighted by Gasteiger charge is -2.11. The highest BCUT2D eigenvalue weighted by Gasteiger charge is 2.13. The van der Waals surface area contributed by atoms with Gasteiger partial charge >= 0.3 is 0 Å². The zero-order valence-electron chi connectivity index (χ0n) is 17.1. The van der Waals surface area contributed by atoms with Gasteiger partial charge in [-0.3, -0.25) is 9.59 Å². The Morgan fingerprint density at radius 3 is 2.60 bits per heavy atom. The molecule has 0 saturated carbocycles. The molecule has 158 valence electrons. The molecule has 0 aliphatic heterocycles. The number of hydrogen-bond acceptors (Lipinski definition) is 7. The van der Waals surface area contributed by atoms with Crippen molar-refractivity contribution < 1.29 is 18.7 Å². The van der Waals surface area contributed by atoms with Gasteiger partial charge in [-0.1, -0.05) is 6.07 Å². The molecule has 0 fully saturated rings. The van der Waals surface area contributed by atoms with Gasteiger partial charge in [-0.25, -0.2) is 4.68 Å². The maximum atomic E-state index is 12.3. The van der Waals surface area contributed by atoms with Crippen molar-refractivity contribution in [1.29, 1.82) is 0 Å². The average Bonchev–Trinajstić information content (AvgIpc) is 3.17. The molecule has 0 unspecified atom stereocenters. The predicted molar refractivity (Wildman–Crippen MR) is 112 cm³/mol. The minimum absolute atomic E-state index is 0.00724. The molecule has 0 saturated heterocycles. The third-order valence-corrected chi connectivity index (χ3v) is 4.47. The maximum absolute atomic E-state index is 12.3. The van der Waals surface area contributed by atoms with E-state index in [2.05, 4.69) is 10.4 Å². The quantitative estimate of drug-likeness (QED) is 0.578. The zero-order valence-corrected chi connectivity index (χ0v) is 17.1. The fraction of sp³-hybridized carbons (Fsp3) is 0.286. The predicted octanol–water partition coefficient (Wildman–Crippen LogP) is 1.77. The monoisotopic (exact) mass is 412 g/mol. The normalized spacial score (nSPS) is 10.6. The summed E-state index contributed by atoms with van der Waals surface area (Å²) >= 11 is 0. The fourth-order valence-electron chi connectivity index (χ4n) is 2.94. The highest BCUT2D eigenvalue weighted by Crippen LogP contribution is 2.27. The molecule has 1 amide bonds. The highest BCUT2D eigenvalue weighted by atomic mass is 16.5. The Hall–Kier alpha value is -3.75. The van der Waals surface area contributed by atoms with Crippen molar-refractivity contribution in [3.63, 3.8) is 0 Å². The number of benzene rings is 1. The Kier molecular flexibility index (Phi) is 6.41. The molecule has 2 heterocycles. The van der Waals surface area contributed by atoms with E-state index in [4.69, 9.17) is 19.6 Å². The molecule has 9 nitrogen and oxygen atoms in total. The van der Waals surface area contributed by atoms with Gasteiger partial charge in [0, 0.05) is 6.54 Å². The van der Waals surface area contributed by atoms with Crippen molar-refractivity contribution in [2.45, 2.75) is 19.9 Å². The Labute approximate surface area is 173 Å². The number of hydrogen-bond donors (Lipinski definition) is 2. The average molecular weight is 412 g/mol. The van der Waals surface area contributed by atoms with Gasteiger partial charge in [0.15, 0.2) is 17.3 Å². The van der Waals surface area contributed by atoms with Crippen molar-refractivity contribution in [1.82, 2.24) is 15.1 Å². The van der Waals surface area contributed by atoms with E-state index in [1.807, 2.05) is 18.2 Å². The van der Waals surface area contributed by atoms with Crippen molar-refractivity contribution >= 4 is 11.6 Å². The highest BCUT2D eigenvalue weighted by molar-refractivity contribution is 5.75. The number of aryl methyl sites for hydroxylation is 1. The van der Waals surface area contributed by atoms with Crippen LogP contribution >= 0.6 is 0 Å². The van der Waals surface area contributed by atoms with E-state index in [-0.39, 0.29) is 18.1 Å². The van der Waals surface area contributed by atoms with Crippen molar-refractivity contribution in [2.24, 2.45) is 0 Å². The molecule has 0 radical (unpaired) electrons. The van der Waals surface area contributed by atoms with Crippen LogP contribution in [0.2, 0.25) is 0 Å². The molecular weight excluding hydrogens is 388 g/mol. The summed E-state index contributed by atoms with van der Waals surface area (Å²) in [6.07, 6.45) is 0.586. The Balaban J connectivity index is 1.64. The second kappa shape index (κ2) is 9.17. The van der Waals surface area contributed by atoms with Crippen LogP contribution in [0.15, 0.2) is 45.6 Å². The number of carbonyl (C=O) groups excluding carboxylic acids is 1. The molecule has 0 bridgehead atoms. The molecule has 0 aliphatic carbocycles. The topological polar surface area (TPSA) is 122 Å². The van der Waals surface area contributed by atoms with Crippen molar-refractivity contribution in [3.8, 4) is 23.0 Å². The van der Waals surface area contributed by atoms with Gasteiger partial charge < -0.3 is 24.9 Å². The lowest BCUT2D eigenvalue weighted by molar-refractivity contribution is -0.121. The van der Waals surface area contributed by atoms with E-state index in [1.54, 1.807) is 33.3 Å². The molecule has 3 rings (SSSR count). The maximum Gasteiger partial charge on any atom is 0.290 e. The first-order valence-electron chi connectivity index (χ1n) is 9.33. The first kappa shape index (κ1) is 21.0. The molecule has 0 atom stereocenters. The summed E-state index contributed by atoms with van der Waals surface area (Å²) in [4.78, 5) is 24.6. The summed E-state index contributed by atoms with van der Waals surface area (Å²) in [6, 6.07) is 10.5. The van der Waals surface area contributed by atoms with E-state index in [1.165, 1.54) is 6.07 Å². The van der Waals surface area contributed by atoms with Crippen LogP contribution in [-0.4, -0.2) is 36.5 Å². The minimum atomic E-state index is -0.530. The third kappa shape index (κ3) is 4.80. The molecule has 3 N–H and O–H groups in total. The summed E-state index contributed by atoms with van der Waals surface area (Å²) in [6.45, 7) is 1.94. The Morgan fingerprint density at radius 2 is 1.93 bits per heavy atom. The number of furan rings is 1. The van der Waals surface area contributed by atoms with E-state index in [9.17, 15) is 9.59 Å². The van der Waals surface area contributed by atoms with E-state index in [0.717, 1.165) is 10.2 Å². The number of nitrogens with one attached hydrogen (secondary N) is 1. The molecule has 1 aromatic carbocycles. The second-order valence-corrected chi connectivity index (χ2v) is 6.65. The Bertz CT molecular complexity index is 1100. The van der Waals surface area contributed by atoms with Crippen LogP contribution < -0.4 is 26.1 Å². The summed E-state index contributed by atoms with van der Waals surface area (Å²) in [5.74, 6) is 2.09. The number of amides is 1. The molecular formula is C21H24N4O5. The molecule has 30 heavy (non-hydrogen) atoms. The zero-order chi connectivity index (χ0) is 21.7. The number of nitrogens with zero attached hydrogens (tertiary/aromatic N) is 2. The van der Waals surface area contributed by atoms with Crippen LogP contribution in [0.25, 0.3) is 11.5 Å². The van der Waals surface area contributed by atoms with E-state index < -0.39 is 5.56 Å². The van der Waals surface area contributed by atoms with Gasteiger partial charge in [-0.05, 0) is 49.2 Å². The van der Waals surface area contributed by atoms with Crippen molar-refractivity contribution in [2.75, 3.05) is 26.5 Å². The first-order chi connectivity index (χ1) is 14.4. The first-order valence-corrected chi connectivity index (χ1v) is 9.33. The van der Waals surface area contributed by atoms with Gasteiger partial charge in [-0.2, -0.15) is 5.10 Å².